The summed E-state index contributed by atoms with van der Waals surface area (Å²) in [5, 5.41) is 1.25. The van der Waals surface area contributed by atoms with Crippen molar-refractivity contribution in [2.24, 2.45) is 0 Å². The first-order valence-corrected chi connectivity index (χ1v) is 33.0. The highest BCUT2D eigenvalue weighted by Crippen LogP contribution is 2.53. The molecule has 0 unspecified atom stereocenters. The smallest absolute Gasteiger partial charge is 0.252 e. The van der Waals surface area contributed by atoms with Crippen molar-refractivity contribution >= 4 is 144 Å². The number of nitrogens with zero attached hydrogens (tertiary/aromatic N) is 6. The largest absolute Gasteiger partial charge is 0.311 e. The summed E-state index contributed by atoms with van der Waals surface area (Å²) in [5.74, 6) is 0. The third kappa shape index (κ3) is 8.44. The van der Waals surface area contributed by atoms with Gasteiger partial charge in [0.2, 0.25) is 0 Å². The van der Waals surface area contributed by atoms with Crippen LogP contribution in [0.2, 0.25) is 0 Å². The highest BCUT2D eigenvalue weighted by molar-refractivity contribution is 7.00. The summed E-state index contributed by atoms with van der Waals surface area (Å²) in [6.45, 7) is 11.1. The number of hydrogen-bond acceptors (Lipinski definition) is 2. The zero-order valence-electron chi connectivity index (χ0n) is 76.5. The normalized spacial score (nSPS) is 16.2. The molecule has 99 heavy (non-hydrogen) atoms. The molecule has 2 aliphatic heterocycles. The van der Waals surface area contributed by atoms with E-state index in [9.17, 15) is 24.7 Å². The van der Waals surface area contributed by atoms with Crippen LogP contribution in [0.25, 0.3) is 121 Å². The Balaban J connectivity index is 1.05. The molecule has 0 N–H and O–H groups in total. The average Bonchev–Trinajstić information content (AvgIpc) is 1.52. The molecule has 0 saturated heterocycles. The fraction of sp³-hybridized carbons (Fsp3) is 0.0870. The second-order valence-electron chi connectivity index (χ2n) is 27.6. The van der Waals surface area contributed by atoms with Gasteiger partial charge in [0.15, 0.2) is 0 Å². The maximum atomic E-state index is 11.7. The first kappa shape index (κ1) is 39.2. The van der Waals surface area contributed by atoms with E-state index in [1.54, 1.807) is 0 Å². The molecule has 0 atom stereocenters. The summed E-state index contributed by atoms with van der Waals surface area (Å²) >= 11 is 0. The summed E-state index contributed by atoms with van der Waals surface area (Å²) in [5.41, 5.74) is 4.80. The number of para-hydroxylation sites is 8. The van der Waals surface area contributed by atoms with E-state index in [0.717, 1.165) is 53.4 Å². The van der Waals surface area contributed by atoms with E-state index in [1.807, 2.05) is 168 Å². The maximum absolute atomic E-state index is 11.7. The average molecular weight is 1290 g/mol. The molecule has 0 aliphatic carbocycles. The van der Waals surface area contributed by atoms with Gasteiger partial charge in [0, 0.05) is 88.6 Å². The summed E-state index contributed by atoms with van der Waals surface area (Å²) < 4.78 is 226. The standard InChI is InChI=1S/C92H69BN6/c1-91(2,3)60-51-58(52-61(55-60)92(4,5)6)59-53-86-90-87(54-59)99(83-46-26-44-81-89(83)71-36-18-24-42-79(71)95(81)63-29-11-8-12-30-63)85-57-65(97-76-39-21-15-33-68(76)69-34-16-22-40-77(69)97)48-50-73(85)93(90)72-49-47-64(96-74-37-19-13-31-66(74)67-32-14-20-38-75(67)96)56-84(72)98(86)82-45-25-43-80-88(82)70-35-17-23-41-78(70)94(80)62-27-9-7-10-28-62/h7-57H,1-6H3/i13D,14D,15D,16D,19D,20D,21D,22D,31D,32D,33D,34D,37D,38D,39D,40D,47D,48D,49D,50D,56D,57D. The van der Waals surface area contributed by atoms with Crippen LogP contribution in [0.15, 0.2) is 309 Å². The van der Waals surface area contributed by atoms with E-state index >= 15 is 0 Å². The Morgan fingerprint density at radius 3 is 1.04 bits per heavy atom. The van der Waals surface area contributed by atoms with Crippen molar-refractivity contribution in [2.75, 3.05) is 9.80 Å². The van der Waals surface area contributed by atoms with E-state index in [0.29, 0.717) is 61.1 Å². The molecular weight excluding hydrogens is 1200 g/mol. The van der Waals surface area contributed by atoms with Gasteiger partial charge in [0.1, 0.15) is 0 Å². The summed E-state index contributed by atoms with van der Waals surface area (Å²) in [6, 6.07) is 41.1. The lowest BCUT2D eigenvalue weighted by molar-refractivity contribution is 0.569. The van der Waals surface area contributed by atoms with E-state index in [4.69, 9.17) is 5.48 Å². The van der Waals surface area contributed by atoms with Crippen molar-refractivity contribution in [2.45, 2.75) is 52.4 Å². The molecule has 6 nitrogen and oxygen atoms in total. The predicted octanol–water partition coefficient (Wildman–Crippen LogP) is 22.4. The van der Waals surface area contributed by atoms with E-state index in [-0.39, 0.29) is 43.8 Å². The fourth-order valence-electron chi connectivity index (χ4n) is 15.4. The van der Waals surface area contributed by atoms with Gasteiger partial charge in [-0.2, -0.15) is 0 Å². The van der Waals surface area contributed by atoms with Crippen LogP contribution in [-0.2, 0) is 10.8 Å². The molecule has 0 fully saturated rings. The van der Waals surface area contributed by atoms with Crippen molar-refractivity contribution in [3.63, 3.8) is 0 Å². The van der Waals surface area contributed by atoms with Crippen LogP contribution < -0.4 is 26.2 Å². The van der Waals surface area contributed by atoms with Gasteiger partial charge in [-0.15, -0.1) is 0 Å². The lowest BCUT2D eigenvalue weighted by Crippen LogP contribution is -2.61. The van der Waals surface area contributed by atoms with Crippen molar-refractivity contribution in [1.82, 2.24) is 18.3 Å². The molecule has 2 aliphatic rings. The van der Waals surface area contributed by atoms with Crippen LogP contribution in [0.4, 0.5) is 34.1 Å². The lowest BCUT2D eigenvalue weighted by Gasteiger charge is -2.45. The van der Waals surface area contributed by atoms with Crippen molar-refractivity contribution < 1.29 is 30.2 Å². The highest BCUT2D eigenvalue weighted by Gasteiger charge is 2.45. The highest BCUT2D eigenvalue weighted by atomic mass is 15.2. The van der Waals surface area contributed by atoms with Crippen molar-refractivity contribution in [3.05, 3.63) is 320 Å². The first-order chi connectivity index (χ1) is 57.6. The third-order valence-electron chi connectivity index (χ3n) is 19.9. The second kappa shape index (κ2) is 21.2. The van der Waals surface area contributed by atoms with Crippen LogP contribution in [0, 0.1) is 0 Å². The van der Waals surface area contributed by atoms with Crippen LogP contribution in [0.5, 0.6) is 0 Å². The Kier molecular flexibility index (Phi) is 8.41. The van der Waals surface area contributed by atoms with E-state index in [2.05, 4.69) is 68.9 Å². The van der Waals surface area contributed by atoms with Crippen LogP contribution >= 0.6 is 0 Å². The Morgan fingerprint density at radius 2 is 0.636 bits per heavy atom. The summed E-state index contributed by atoms with van der Waals surface area (Å²) in [7, 11) is 0. The topological polar surface area (TPSA) is 26.2 Å². The van der Waals surface area contributed by atoms with Crippen molar-refractivity contribution in [3.8, 4) is 33.9 Å². The summed E-state index contributed by atoms with van der Waals surface area (Å²) in [4.78, 5) is 3.70. The molecule has 470 valence electrons. The number of hydrogen-bond donors (Lipinski definition) is 0. The van der Waals surface area contributed by atoms with Gasteiger partial charge in [-0.25, -0.2) is 0 Å². The van der Waals surface area contributed by atoms with Gasteiger partial charge < -0.3 is 28.1 Å². The molecule has 14 aromatic carbocycles. The van der Waals surface area contributed by atoms with E-state index in [1.165, 1.54) is 0 Å². The third-order valence-corrected chi connectivity index (χ3v) is 19.9. The number of anilines is 6. The Labute approximate surface area is 606 Å². The molecule has 0 radical (unpaired) electrons. The quantitative estimate of drug-likeness (QED) is 0.149. The van der Waals surface area contributed by atoms with Crippen LogP contribution in [0.3, 0.4) is 0 Å². The Bertz CT molecular complexity index is 7190. The maximum Gasteiger partial charge on any atom is 0.252 e. The summed E-state index contributed by atoms with van der Waals surface area (Å²) in [6.07, 6.45) is 0. The Hall–Kier alpha value is -12.1. The van der Waals surface area contributed by atoms with Gasteiger partial charge in [0.25, 0.3) is 6.71 Å². The number of aromatic nitrogens is 4. The molecule has 4 aromatic heterocycles. The molecule has 7 heteroatoms. The minimum absolute atomic E-state index is 0.154. The molecular formula is C92H69BN6. The molecule has 0 bridgehead atoms. The van der Waals surface area contributed by atoms with Crippen molar-refractivity contribution in [1.29, 1.82) is 0 Å². The minimum Gasteiger partial charge on any atom is -0.311 e. The van der Waals surface area contributed by atoms with E-state index < -0.39 is 184 Å². The monoisotopic (exact) mass is 1290 g/mol. The van der Waals surface area contributed by atoms with Gasteiger partial charge in [-0.1, -0.05) is 229 Å². The van der Waals surface area contributed by atoms with Gasteiger partial charge in [0.05, 0.1) is 85.7 Å². The molecule has 20 rings (SSSR count). The Morgan fingerprint density at radius 1 is 0.283 bits per heavy atom. The SMILES string of the molecule is [2H]c1c([2H])c(-n2c3c([2H])c([2H])c([2H])c([2H])c3c3c([2H])c([2H])c([2H])c([2H])c32)c([2H])c2c1B1c3c(cc(-c4cc(C(C)(C)C)cc(C(C)(C)C)c4)cc3N(c3cccc4c3c3ccccc3n4-c3ccccc3)c3c([2H])c(-n4c5c([2H])c([2H])c([2H])c([2H])c5c5c([2H])c([2H])c([2H])c([2H])c54)c([2H])c([2H])c31)N2c1cccc2c1c1ccccc1n2-c1ccccc1. The number of benzene rings is 14. The van der Waals surface area contributed by atoms with Gasteiger partial charge in [-0.3, -0.25) is 0 Å². The molecule has 0 saturated carbocycles. The van der Waals surface area contributed by atoms with Gasteiger partial charge >= 0.3 is 0 Å². The lowest BCUT2D eigenvalue weighted by atomic mass is 9.33. The predicted molar refractivity (Wildman–Crippen MR) is 421 cm³/mol. The number of rotatable bonds is 7. The van der Waals surface area contributed by atoms with Crippen LogP contribution in [-0.4, -0.2) is 25.0 Å². The zero-order chi connectivity index (χ0) is 85.3. The number of fused-ring (bicyclic) bond motifs is 16. The fourth-order valence-corrected chi connectivity index (χ4v) is 15.4. The second-order valence-corrected chi connectivity index (χ2v) is 27.6. The molecule has 0 spiro atoms. The van der Waals surface area contributed by atoms with Gasteiger partial charge in [-0.05, 0) is 171 Å². The molecule has 6 heterocycles. The zero-order valence-corrected chi connectivity index (χ0v) is 54.5. The first-order valence-electron chi connectivity index (χ1n) is 44.0. The molecule has 0 amide bonds. The molecule has 18 aromatic rings. The minimum atomic E-state index is -1.64. The van der Waals surface area contributed by atoms with Crippen LogP contribution in [0.1, 0.15) is 82.8 Å².